The van der Waals surface area contributed by atoms with Crippen LogP contribution in [-0.2, 0) is 43.2 Å². The van der Waals surface area contributed by atoms with Crippen LogP contribution in [-0.4, -0.2) is 92.2 Å². The van der Waals surface area contributed by atoms with Gasteiger partial charge < -0.3 is 69.2 Å². The number of aldehydes is 2. The number of rotatable bonds is 4. The second-order valence-electron chi connectivity index (χ2n) is 16.3. The summed E-state index contributed by atoms with van der Waals surface area (Å²) in [6.07, 6.45) is 0.389. The number of aromatic amines is 4. The number of nitrogens with zero attached hydrogens (tertiary/aromatic N) is 11. The molecule has 0 radical (unpaired) electrons. The van der Waals surface area contributed by atoms with Crippen molar-refractivity contribution in [3.05, 3.63) is 111 Å². The molecular weight excluding hydrogens is 970 g/mol. The Hall–Kier alpha value is -9.38. The maximum Gasteiger partial charge on any atom is 2.00 e. The summed E-state index contributed by atoms with van der Waals surface area (Å²) in [4.78, 5) is 147. The van der Waals surface area contributed by atoms with E-state index in [2.05, 4.69) is 30.2 Å². The van der Waals surface area contributed by atoms with Crippen molar-refractivity contribution in [2.45, 2.75) is 6.92 Å². The largest absolute Gasteiger partial charge is 2.00 e. The average Bonchev–Trinajstić information content (AvgIpc) is 4.07. The Bertz CT molecular complexity index is 4590. The topological polar surface area (TPSA) is 330 Å². The number of aryl methyl sites for hydroxylation is 2. The van der Waals surface area contributed by atoms with Crippen LogP contribution in [0.25, 0.3) is 123 Å². The summed E-state index contributed by atoms with van der Waals surface area (Å²) in [5, 5.41) is 5.36. The molecule has 8 heterocycles. The van der Waals surface area contributed by atoms with Gasteiger partial charge in [-0.1, -0.05) is 0 Å². The van der Waals surface area contributed by atoms with Crippen molar-refractivity contribution in [2.75, 3.05) is 30.9 Å². The van der Waals surface area contributed by atoms with Crippen molar-refractivity contribution in [1.29, 1.82) is 0 Å². The van der Waals surface area contributed by atoms with E-state index in [1.54, 1.807) is 36.4 Å². The van der Waals surface area contributed by atoms with E-state index in [1.807, 2.05) is 33.2 Å². The van der Waals surface area contributed by atoms with E-state index >= 15 is 0 Å². The first kappa shape index (κ1) is 45.4. The van der Waals surface area contributed by atoms with Gasteiger partial charge in [0.25, 0.3) is 0 Å². The van der Waals surface area contributed by atoms with Crippen molar-refractivity contribution < 1.29 is 29.1 Å². The minimum absolute atomic E-state index is 0. The zero-order chi connectivity index (χ0) is 49.0. The van der Waals surface area contributed by atoms with Crippen molar-refractivity contribution in [3.63, 3.8) is 0 Å². The Morgan fingerprint density at radius 3 is 1.37 bits per heavy atom. The standard InChI is InChI=1S/C44H32N16O6.C2H2O2.Zn/c1-6-58(3)28-12-20-17(9-25(28)45-2)33-51-31-15-7-23-24(47-40(62)39(61)46-23)8-16(15)32(50-31)52-34-18-10-26-29(59(4)43(65)41(63)48-26)13-21(18)37(54-34)55-35-19-11-27-30(60(5)44(66)42(64)49-27)14-22(19)38(56-35)57-36(20)53-33;3-1-2-4;/h7-14H,6H2,1-5H3,(H7,45,46,47,48,49,50,51,52,53,54,55,56,57,61,62,63,64,65,66);1-2H;/q;;+2/p-2. The fraction of sp³-hybridized carbons (Fsp3) is 0.130. The fourth-order valence-corrected chi connectivity index (χ4v) is 8.69. The van der Waals surface area contributed by atoms with Crippen LogP contribution in [0.5, 0.6) is 0 Å². The van der Waals surface area contributed by atoms with Crippen molar-refractivity contribution in [3.8, 4) is 45.6 Å². The summed E-state index contributed by atoms with van der Waals surface area (Å²) in [6, 6.07) is 13.8. The maximum absolute atomic E-state index is 12.9. The molecule has 25 heteroatoms. The molecule has 0 aliphatic carbocycles. The minimum atomic E-state index is -0.849. The van der Waals surface area contributed by atoms with Crippen LogP contribution in [0.1, 0.15) is 6.92 Å². The predicted molar refractivity (Wildman–Crippen MR) is 260 cm³/mol. The van der Waals surface area contributed by atoms with Crippen molar-refractivity contribution in [2.24, 2.45) is 14.1 Å². The molecule has 5 N–H and O–H groups in total. The Balaban J connectivity index is 0.00000112. The third kappa shape index (κ3) is 7.07. The molecule has 24 nitrogen and oxygen atoms in total. The maximum atomic E-state index is 12.9. The van der Waals surface area contributed by atoms with Crippen LogP contribution >= 0.6 is 0 Å². The zero-order valence-corrected chi connectivity index (χ0v) is 40.8. The molecule has 346 valence electrons. The molecule has 12 rings (SSSR count). The van der Waals surface area contributed by atoms with Crippen LogP contribution in [0.4, 0.5) is 11.4 Å². The monoisotopic (exact) mass is 1000 g/mol. The predicted octanol–water partition coefficient (Wildman–Crippen LogP) is 1.62. The van der Waals surface area contributed by atoms with Gasteiger partial charge in [-0.3, -0.25) is 38.4 Å². The smallest absolute Gasteiger partial charge is 0.386 e. The number of anilines is 2. The Morgan fingerprint density at radius 1 is 0.535 bits per heavy atom. The number of fused-ring (bicyclic) bond motifs is 23. The second kappa shape index (κ2) is 16.7. The first-order chi connectivity index (χ1) is 33.7. The molecule has 0 saturated carbocycles. The van der Waals surface area contributed by atoms with Crippen LogP contribution in [0.2, 0.25) is 0 Å². The first-order valence-electron chi connectivity index (χ1n) is 21.2. The molecule has 0 amide bonds. The van der Waals surface area contributed by atoms with E-state index in [1.165, 1.54) is 23.2 Å². The second-order valence-corrected chi connectivity index (χ2v) is 16.3. The molecule has 2 aliphatic rings. The summed E-state index contributed by atoms with van der Waals surface area (Å²) < 4.78 is 2.47. The van der Waals surface area contributed by atoms with Gasteiger partial charge in [0.15, 0.2) is 12.6 Å². The van der Waals surface area contributed by atoms with E-state index in [0.29, 0.717) is 83.4 Å². The van der Waals surface area contributed by atoms with Crippen molar-refractivity contribution >= 4 is 101 Å². The van der Waals surface area contributed by atoms with Crippen LogP contribution in [0, 0.1) is 0 Å². The molecule has 2 aliphatic heterocycles. The number of benzene rings is 4. The number of nitrogens with one attached hydrogen (secondary N) is 5. The quantitative estimate of drug-likeness (QED) is 0.0950. The summed E-state index contributed by atoms with van der Waals surface area (Å²) in [5.74, 6) is 0.624. The molecule has 0 fully saturated rings. The Morgan fingerprint density at radius 2 is 0.915 bits per heavy atom. The van der Waals surface area contributed by atoms with Gasteiger partial charge in [0.2, 0.25) is 0 Å². The van der Waals surface area contributed by atoms with Gasteiger partial charge in [-0.05, 0) is 77.0 Å². The van der Waals surface area contributed by atoms with Gasteiger partial charge in [0, 0.05) is 79.6 Å². The number of carbonyl (C=O) groups is 2. The van der Waals surface area contributed by atoms with Gasteiger partial charge in [-0.15, -0.1) is 0 Å². The molecule has 4 aromatic carbocycles. The number of H-pyrrole nitrogens is 4. The van der Waals surface area contributed by atoms with E-state index in [-0.39, 0.29) is 77.9 Å². The molecule has 6 aromatic heterocycles. The zero-order valence-electron chi connectivity index (χ0n) is 37.9. The Kier molecular flexibility index (Phi) is 10.7. The Labute approximate surface area is 405 Å². The van der Waals surface area contributed by atoms with Gasteiger partial charge in [0.1, 0.15) is 0 Å². The number of aromatic nitrogens is 14. The summed E-state index contributed by atoms with van der Waals surface area (Å²) in [7, 11) is 6.75. The summed E-state index contributed by atoms with van der Waals surface area (Å²) >= 11 is 0. The van der Waals surface area contributed by atoms with Crippen LogP contribution in [0.3, 0.4) is 0 Å². The minimum Gasteiger partial charge on any atom is -0.386 e. The van der Waals surface area contributed by atoms with Crippen LogP contribution < -0.4 is 53.5 Å². The van der Waals surface area contributed by atoms with E-state index < -0.39 is 33.4 Å². The van der Waals surface area contributed by atoms with E-state index in [4.69, 9.17) is 49.5 Å². The van der Waals surface area contributed by atoms with Crippen molar-refractivity contribution in [1.82, 2.24) is 68.9 Å². The third-order valence-electron chi connectivity index (χ3n) is 12.3. The van der Waals surface area contributed by atoms with Gasteiger partial charge in [-0.2, -0.15) is 0 Å². The van der Waals surface area contributed by atoms with E-state index in [9.17, 15) is 28.8 Å². The first-order valence-corrected chi connectivity index (χ1v) is 21.2. The molecular formula is C46H32N16O8Zn. The molecule has 0 atom stereocenters. The molecule has 0 spiro atoms. The van der Waals surface area contributed by atoms with Gasteiger partial charge in [-0.25, -0.2) is 9.97 Å². The molecule has 10 aromatic rings. The normalized spacial score (nSPS) is 11.6. The fourth-order valence-electron chi connectivity index (χ4n) is 8.69. The SMILES string of the molecule is CCN(C)c1cc2c3nc4nc(nc5[n-]c(nc6nc(nc([n-]3)c2cc1NC)-c1cc2[nH]c(=O)c(=O)[nH]c2cc1-6)c1cc2[nH]c(=O)c(=O)n(C)c2cc51)-c1cc2[nH]c(=O)c(=O)n(C)c2cc1-4.O=CC=O.[Zn+2]. The number of hydrogen-bond acceptors (Lipinski definition) is 16. The number of hydrogen-bond donors (Lipinski definition) is 5. The molecule has 0 unspecified atom stereocenters. The van der Waals surface area contributed by atoms with Gasteiger partial charge in [0.05, 0.1) is 67.8 Å². The molecule has 71 heavy (non-hydrogen) atoms. The van der Waals surface area contributed by atoms with Crippen LogP contribution in [0.15, 0.2) is 77.3 Å². The summed E-state index contributed by atoms with van der Waals surface area (Å²) in [5.41, 5.74) is 1.35. The number of carbonyl (C=O) groups excluding carboxylic acids is 2. The van der Waals surface area contributed by atoms with Gasteiger partial charge >= 0.3 is 52.8 Å². The summed E-state index contributed by atoms with van der Waals surface area (Å²) in [6.45, 7) is 2.71. The molecule has 0 saturated heterocycles. The molecule has 8 bridgehead atoms. The third-order valence-corrected chi connectivity index (χ3v) is 12.3. The average molecular weight is 1000 g/mol. The van der Waals surface area contributed by atoms with E-state index in [0.717, 1.165) is 11.4 Å².